The zero-order valence-electron chi connectivity index (χ0n) is 7.33. The minimum atomic E-state index is -1.40. The second-order valence-electron chi connectivity index (χ2n) is 3.14. The fourth-order valence-corrected chi connectivity index (χ4v) is 0.938. The zero-order valence-corrected chi connectivity index (χ0v) is 7.33. The number of hydrogen-bond donors (Lipinski definition) is 2. The van der Waals surface area contributed by atoms with Crippen LogP contribution in [0.4, 0.5) is 0 Å². The summed E-state index contributed by atoms with van der Waals surface area (Å²) in [6.07, 6.45) is -0.149. The van der Waals surface area contributed by atoms with E-state index in [4.69, 9.17) is 5.11 Å². The molecule has 4 heteroatoms. The number of rotatable bonds is 5. The predicted octanol–water partition coefficient (Wildman–Crippen LogP) is 0.581. The maximum Gasteiger partial charge on any atom is 0.306 e. The molecule has 0 saturated carbocycles. The average molecular weight is 174 g/mol. The van der Waals surface area contributed by atoms with Crippen LogP contribution >= 0.6 is 0 Å². The highest BCUT2D eigenvalue weighted by Crippen LogP contribution is 2.15. The number of ketones is 1. The Bertz CT molecular complexity index is 183. The number of carboxylic acids is 1. The highest BCUT2D eigenvalue weighted by molar-refractivity contribution is 5.80. The van der Waals surface area contributed by atoms with Gasteiger partial charge in [0.1, 0.15) is 5.78 Å². The van der Waals surface area contributed by atoms with E-state index >= 15 is 0 Å². The van der Waals surface area contributed by atoms with Gasteiger partial charge in [0.25, 0.3) is 0 Å². The average Bonchev–Trinajstić information content (AvgIpc) is 1.83. The Hall–Kier alpha value is -0.900. The van der Waals surface area contributed by atoms with Crippen molar-refractivity contribution in [2.45, 2.75) is 38.7 Å². The molecule has 2 N–H and O–H groups in total. The first-order valence-electron chi connectivity index (χ1n) is 3.83. The molecule has 0 bridgehead atoms. The van der Waals surface area contributed by atoms with Gasteiger partial charge in [-0.25, -0.2) is 0 Å². The van der Waals surface area contributed by atoms with Crippen LogP contribution in [-0.4, -0.2) is 27.6 Å². The van der Waals surface area contributed by atoms with Crippen LogP contribution in [0.1, 0.15) is 33.1 Å². The van der Waals surface area contributed by atoms with Gasteiger partial charge in [-0.1, -0.05) is 6.92 Å². The molecular formula is C8H14O4. The summed E-state index contributed by atoms with van der Waals surface area (Å²) < 4.78 is 0. The molecule has 4 nitrogen and oxygen atoms in total. The molecule has 0 amide bonds. The van der Waals surface area contributed by atoms with E-state index in [1.54, 1.807) is 6.92 Å². The van der Waals surface area contributed by atoms with E-state index in [0.717, 1.165) is 0 Å². The summed E-state index contributed by atoms with van der Waals surface area (Å²) in [5, 5.41) is 17.7. The van der Waals surface area contributed by atoms with Gasteiger partial charge in [0, 0.05) is 12.8 Å². The number of aliphatic carboxylic acids is 1. The summed E-state index contributed by atoms with van der Waals surface area (Å²) in [4.78, 5) is 21.1. The lowest BCUT2D eigenvalue weighted by atomic mass is 9.95. The molecule has 0 saturated heterocycles. The Balaban J connectivity index is 4.03. The number of carbonyl (C=O) groups excluding carboxylic acids is 1. The molecule has 0 spiro atoms. The number of carbonyl (C=O) groups is 2. The van der Waals surface area contributed by atoms with Crippen molar-refractivity contribution in [3.63, 3.8) is 0 Å². The van der Waals surface area contributed by atoms with Gasteiger partial charge in [-0.15, -0.1) is 0 Å². The second kappa shape index (κ2) is 4.21. The number of carboxylic acid groups (broad SMARTS) is 1. The lowest BCUT2D eigenvalue weighted by molar-refractivity contribution is -0.142. The van der Waals surface area contributed by atoms with Crippen LogP contribution in [0.15, 0.2) is 0 Å². The maximum absolute atomic E-state index is 10.9. The largest absolute Gasteiger partial charge is 0.481 e. The Morgan fingerprint density at radius 1 is 1.33 bits per heavy atom. The van der Waals surface area contributed by atoms with Gasteiger partial charge < -0.3 is 10.2 Å². The van der Waals surface area contributed by atoms with Crippen LogP contribution in [0.5, 0.6) is 0 Å². The number of aliphatic hydroxyl groups is 1. The van der Waals surface area contributed by atoms with Crippen molar-refractivity contribution in [1.29, 1.82) is 0 Å². The molecule has 0 rings (SSSR count). The molecule has 0 aromatic carbocycles. The van der Waals surface area contributed by atoms with Crippen molar-refractivity contribution in [1.82, 2.24) is 0 Å². The van der Waals surface area contributed by atoms with Gasteiger partial charge in [0.05, 0.1) is 12.0 Å². The molecule has 0 aromatic heterocycles. The monoisotopic (exact) mass is 174 g/mol. The van der Waals surface area contributed by atoms with Gasteiger partial charge in [0.2, 0.25) is 0 Å². The van der Waals surface area contributed by atoms with Crippen LogP contribution in [-0.2, 0) is 9.59 Å². The molecular weight excluding hydrogens is 160 g/mol. The first-order chi connectivity index (χ1) is 5.37. The van der Waals surface area contributed by atoms with Crippen molar-refractivity contribution in [3.05, 3.63) is 0 Å². The highest BCUT2D eigenvalue weighted by atomic mass is 16.4. The lowest BCUT2D eigenvalue weighted by Crippen LogP contribution is -2.30. The zero-order chi connectivity index (χ0) is 9.78. The lowest BCUT2D eigenvalue weighted by Gasteiger charge is -2.19. The Kier molecular flexibility index (Phi) is 3.89. The second-order valence-corrected chi connectivity index (χ2v) is 3.14. The van der Waals surface area contributed by atoms with Crippen LogP contribution in [0.25, 0.3) is 0 Å². The van der Waals surface area contributed by atoms with E-state index in [-0.39, 0.29) is 12.2 Å². The molecule has 12 heavy (non-hydrogen) atoms. The molecule has 1 atom stereocenters. The SMILES string of the molecule is CCC(=O)C[C@@](C)(O)CC(=O)O. The van der Waals surface area contributed by atoms with Gasteiger partial charge in [0.15, 0.2) is 0 Å². The smallest absolute Gasteiger partial charge is 0.306 e. The summed E-state index contributed by atoms with van der Waals surface area (Å²) in [5.74, 6) is -1.22. The summed E-state index contributed by atoms with van der Waals surface area (Å²) in [6.45, 7) is 3.04. The van der Waals surface area contributed by atoms with Crippen molar-refractivity contribution < 1.29 is 19.8 Å². The molecule has 0 aliphatic rings. The van der Waals surface area contributed by atoms with Crippen LogP contribution in [0.3, 0.4) is 0 Å². The van der Waals surface area contributed by atoms with E-state index in [1.165, 1.54) is 6.92 Å². The fourth-order valence-electron chi connectivity index (χ4n) is 0.938. The Morgan fingerprint density at radius 3 is 2.17 bits per heavy atom. The van der Waals surface area contributed by atoms with E-state index in [1.807, 2.05) is 0 Å². The third-order valence-electron chi connectivity index (χ3n) is 1.50. The number of Topliss-reactive ketones (excluding diaryl/α,β-unsaturated/α-hetero) is 1. The van der Waals surface area contributed by atoms with Crippen LogP contribution in [0.2, 0.25) is 0 Å². The van der Waals surface area contributed by atoms with Crippen LogP contribution < -0.4 is 0 Å². The molecule has 70 valence electrons. The van der Waals surface area contributed by atoms with Gasteiger partial charge in [-0.2, -0.15) is 0 Å². The Morgan fingerprint density at radius 2 is 1.83 bits per heavy atom. The molecule has 0 aliphatic carbocycles. The minimum absolute atomic E-state index is 0.0875. The summed E-state index contributed by atoms with van der Waals surface area (Å²) >= 11 is 0. The first kappa shape index (κ1) is 11.1. The highest BCUT2D eigenvalue weighted by Gasteiger charge is 2.26. The van der Waals surface area contributed by atoms with Gasteiger partial charge in [-0.05, 0) is 6.92 Å². The fraction of sp³-hybridized carbons (Fsp3) is 0.750. The molecule has 0 aliphatic heterocycles. The minimum Gasteiger partial charge on any atom is -0.481 e. The molecule has 0 fully saturated rings. The quantitative estimate of drug-likeness (QED) is 0.639. The molecule has 0 heterocycles. The predicted molar refractivity (Wildman–Crippen MR) is 42.8 cm³/mol. The standard InChI is InChI=1S/C8H14O4/c1-3-6(9)4-8(2,12)5-7(10)11/h12H,3-5H2,1-2H3,(H,10,11)/t8-/m1/s1. The number of hydrogen-bond acceptors (Lipinski definition) is 3. The van der Waals surface area contributed by atoms with E-state index < -0.39 is 18.0 Å². The van der Waals surface area contributed by atoms with E-state index in [9.17, 15) is 14.7 Å². The van der Waals surface area contributed by atoms with Crippen molar-refractivity contribution >= 4 is 11.8 Å². The Labute approximate surface area is 71.2 Å². The summed E-state index contributed by atoms with van der Waals surface area (Å²) in [5.41, 5.74) is -1.40. The van der Waals surface area contributed by atoms with Crippen molar-refractivity contribution in [3.8, 4) is 0 Å². The topological polar surface area (TPSA) is 74.6 Å². The van der Waals surface area contributed by atoms with E-state index in [2.05, 4.69) is 0 Å². The van der Waals surface area contributed by atoms with Gasteiger partial charge >= 0.3 is 5.97 Å². The molecule has 0 unspecified atom stereocenters. The normalized spacial score (nSPS) is 15.2. The van der Waals surface area contributed by atoms with E-state index in [0.29, 0.717) is 6.42 Å². The first-order valence-corrected chi connectivity index (χ1v) is 3.83. The van der Waals surface area contributed by atoms with Crippen molar-refractivity contribution in [2.75, 3.05) is 0 Å². The summed E-state index contributed by atoms with van der Waals surface area (Å²) in [6, 6.07) is 0. The van der Waals surface area contributed by atoms with Gasteiger partial charge in [-0.3, -0.25) is 9.59 Å². The third-order valence-corrected chi connectivity index (χ3v) is 1.50. The van der Waals surface area contributed by atoms with Crippen LogP contribution in [0, 0.1) is 0 Å². The summed E-state index contributed by atoms with van der Waals surface area (Å²) in [7, 11) is 0. The maximum atomic E-state index is 10.9. The third kappa shape index (κ3) is 4.85. The van der Waals surface area contributed by atoms with Crippen molar-refractivity contribution in [2.24, 2.45) is 0 Å². The molecule has 0 aromatic rings. The molecule has 0 radical (unpaired) electrons.